The summed E-state index contributed by atoms with van der Waals surface area (Å²) in [5, 5.41) is 6.99. The van der Waals surface area contributed by atoms with Gasteiger partial charge in [0.25, 0.3) is 0 Å². The van der Waals surface area contributed by atoms with Crippen molar-refractivity contribution in [1.82, 2.24) is 10.2 Å². The summed E-state index contributed by atoms with van der Waals surface area (Å²) in [5.74, 6) is 1.09. The molecule has 1 N–H and O–H groups in total. The summed E-state index contributed by atoms with van der Waals surface area (Å²) in [7, 11) is 1.83. The second-order valence-electron chi connectivity index (χ2n) is 6.59. The van der Waals surface area contributed by atoms with Gasteiger partial charge in [0.2, 0.25) is 0 Å². The van der Waals surface area contributed by atoms with Gasteiger partial charge in [-0.2, -0.15) is 0 Å². The van der Waals surface area contributed by atoms with Gasteiger partial charge < -0.3 is 15.1 Å². The zero-order chi connectivity index (χ0) is 17.2. The van der Waals surface area contributed by atoms with E-state index in [1.807, 2.05) is 19.2 Å². The Balaban J connectivity index is 1.33. The Kier molecular flexibility index (Phi) is 4.61. The fraction of sp³-hybridized carbons (Fsp3) is 0.421. The van der Waals surface area contributed by atoms with Gasteiger partial charge in [-0.1, -0.05) is 18.2 Å². The van der Waals surface area contributed by atoms with Crippen molar-refractivity contribution in [3.63, 3.8) is 0 Å². The number of rotatable bonds is 3. The van der Waals surface area contributed by atoms with Crippen LogP contribution in [0.15, 0.2) is 46.8 Å². The van der Waals surface area contributed by atoms with Crippen LogP contribution in [0.1, 0.15) is 17.9 Å². The standard InChI is InChI=1S/C19H23FN4S/c1-21-19(22-17-13-15(17)14-5-2-3-6-16(14)20)24-10-8-23(9-11-24)18-7-4-12-25-18/h2-7,12,15,17H,8-11,13H2,1H3,(H,21,22). The van der Waals surface area contributed by atoms with Gasteiger partial charge in [-0.3, -0.25) is 4.99 Å². The van der Waals surface area contributed by atoms with Gasteiger partial charge >= 0.3 is 0 Å². The number of piperazine rings is 1. The number of benzene rings is 1. The molecule has 2 unspecified atom stereocenters. The monoisotopic (exact) mass is 358 g/mol. The van der Waals surface area contributed by atoms with E-state index in [2.05, 4.69) is 37.6 Å². The van der Waals surface area contributed by atoms with Crippen LogP contribution in [0.4, 0.5) is 9.39 Å². The minimum Gasteiger partial charge on any atom is -0.360 e. The molecule has 1 saturated carbocycles. The molecular formula is C19H23FN4S. The number of nitrogens with zero attached hydrogens (tertiary/aromatic N) is 3. The van der Waals surface area contributed by atoms with Gasteiger partial charge in [-0.15, -0.1) is 11.3 Å². The highest BCUT2D eigenvalue weighted by Gasteiger charge is 2.41. The van der Waals surface area contributed by atoms with Crippen LogP contribution in [-0.2, 0) is 0 Å². The van der Waals surface area contributed by atoms with Crippen LogP contribution in [0, 0.1) is 5.82 Å². The zero-order valence-corrected chi connectivity index (χ0v) is 15.2. The molecule has 2 heterocycles. The second-order valence-corrected chi connectivity index (χ2v) is 7.51. The molecule has 132 valence electrons. The summed E-state index contributed by atoms with van der Waals surface area (Å²) in [6.07, 6.45) is 0.967. The fourth-order valence-electron chi connectivity index (χ4n) is 3.53. The predicted octanol–water partition coefficient (Wildman–Crippen LogP) is 3.14. The number of hydrogen-bond donors (Lipinski definition) is 1. The van der Waals surface area contributed by atoms with Gasteiger partial charge in [0.1, 0.15) is 5.82 Å². The normalized spacial score (nSPS) is 23.7. The van der Waals surface area contributed by atoms with Crippen LogP contribution in [0.2, 0.25) is 0 Å². The van der Waals surface area contributed by atoms with Gasteiger partial charge in [0.05, 0.1) is 5.00 Å². The summed E-state index contributed by atoms with van der Waals surface area (Å²) in [6, 6.07) is 11.7. The highest BCUT2D eigenvalue weighted by Crippen LogP contribution is 2.41. The number of halogens is 1. The van der Waals surface area contributed by atoms with Crippen LogP contribution >= 0.6 is 11.3 Å². The molecule has 1 aliphatic carbocycles. The lowest BCUT2D eigenvalue weighted by molar-refractivity contribution is 0.373. The van der Waals surface area contributed by atoms with Crippen molar-refractivity contribution in [3.8, 4) is 0 Å². The number of aliphatic imine (C=N–C) groups is 1. The SMILES string of the molecule is CN=C(NC1CC1c1ccccc1F)N1CCN(c2cccs2)CC1. The minimum atomic E-state index is -0.101. The van der Waals surface area contributed by atoms with E-state index >= 15 is 0 Å². The van der Waals surface area contributed by atoms with Crippen LogP contribution in [0.3, 0.4) is 0 Å². The van der Waals surface area contributed by atoms with Crippen LogP contribution in [-0.4, -0.2) is 50.1 Å². The fourth-order valence-corrected chi connectivity index (χ4v) is 4.31. The number of hydrogen-bond acceptors (Lipinski definition) is 3. The predicted molar refractivity (Wildman–Crippen MR) is 102 cm³/mol. The highest BCUT2D eigenvalue weighted by molar-refractivity contribution is 7.14. The molecule has 0 radical (unpaired) electrons. The molecule has 1 aromatic heterocycles. The van der Waals surface area contributed by atoms with Crippen molar-refractivity contribution < 1.29 is 4.39 Å². The molecular weight excluding hydrogens is 335 g/mol. The smallest absolute Gasteiger partial charge is 0.194 e. The molecule has 1 aromatic carbocycles. The Morgan fingerprint density at radius 1 is 1.16 bits per heavy atom. The molecule has 0 bridgehead atoms. The molecule has 4 rings (SSSR count). The summed E-state index contributed by atoms with van der Waals surface area (Å²) in [4.78, 5) is 9.18. The average molecular weight is 358 g/mol. The van der Waals surface area contributed by atoms with Crippen molar-refractivity contribution in [3.05, 3.63) is 53.2 Å². The first-order chi connectivity index (χ1) is 12.3. The molecule has 2 atom stereocenters. The molecule has 6 heteroatoms. The molecule has 2 aromatic rings. The number of guanidine groups is 1. The van der Waals surface area contributed by atoms with Gasteiger partial charge in [0.15, 0.2) is 5.96 Å². The largest absolute Gasteiger partial charge is 0.360 e. The number of anilines is 1. The molecule has 0 amide bonds. The van der Waals surface area contributed by atoms with Crippen molar-refractivity contribution in [2.24, 2.45) is 4.99 Å². The van der Waals surface area contributed by atoms with Gasteiger partial charge in [-0.05, 0) is 35.6 Å². The number of nitrogens with one attached hydrogen (secondary N) is 1. The highest BCUT2D eigenvalue weighted by atomic mass is 32.1. The van der Waals surface area contributed by atoms with Crippen molar-refractivity contribution in [1.29, 1.82) is 0 Å². The molecule has 25 heavy (non-hydrogen) atoms. The molecule has 2 aliphatic rings. The molecule has 2 fully saturated rings. The molecule has 1 aliphatic heterocycles. The Labute approximate surface area is 152 Å². The van der Waals surface area contributed by atoms with E-state index in [4.69, 9.17) is 0 Å². The summed E-state index contributed by atoms with van der Waals surface area (Å²) < 4.78 is 13.9. The third-order valence-electron chi connectivity index (χ3n) is 5.02. The van der Waals surface area contributed by atoms with E-state index in [1.54, 1.807) is 23.5 Å². The Hall–Kier alpha value is -2.08. The topological polar surface area (TPSA) is 30.9 Å². The van der Waals surface area contributed by atoms with Crippen LogP contribution < -0.4 is 10.2 Å². The maximum absolute atomic E-state index is 13.9. The van der Waals surface area contributed by atoms with E-state index in [0.29, 0.717) is 0 Å². The third kappa shape index (κ3) is 3.49. The van der Waals surface area contributed by atoms with Gasteiger partial charge in [0, 0.05) is 45.2 Å². The lowest BCUT2D eigenvalue weighted by Crippen LogP contribution is -2.53. The maximum atomic E-state index is 13.9. The van der Waals surface area contributed by atoms with E-state index in [0.717, 1.165) is 44.1 Å². The molecule has 0 spiro atoms. The summed E-state index contributed by atoms with van der Waals surface area (Å²) >= 11 is 1.79. The van der Waals surface area contributed by atoms with Crippen molar-refractivity contribution in [2.45, 2.75) is 18.4 Å². The first-order valence-electron chi connectivity index (χ1n) is 8.77. The first kappa shape index (κ1) is 16.4. The summed E-state index contributed by atoms with van der Waals surface area (Å²) in [5.41, 5.74) is 0.818. The van der Waals surface area contributed by atoms with Crippen LogP contribution in [0.25, 0.3) is 0 Å². The quantitative estimate of drug-likeness (QED) is 0.675. The Bertz CT molecular complexity index is 738. The average Bonchev–Trinajstić information content (AvgIpc) is 3.18. The Morgan fingerprint density at radius 3 is 2.64 bits per heavy atom. The van der Waals surface area contributed by atoms with E-state index in [1.165, 1.54) is 5.00 Å². The maximum Gasteiger partial charge on any atom is 0.194 e. The summed E-state index contributed by atoms with van der Waals surface area (Å²) in [6.45, 7) is 3.91. The second kappa shape index (κ2) is 7.04. The lowest BCUT2D eigenvalue weighted by Gasteiger charge is -2.37. The van der Waals surface area contributed by atoms with E-state index < -0.39 is 0 Å². The lowest BCUT2D eigenvalue weighted by atomic mass is 10.1. The molecule has 1 saturated heterocycles. The van der Waals surface area contributed by atoms with Crippen LogP contribution in [0.5, 0.6) is 0 Å². The van der Waals surface area contributed by atoms with Crippen molar-refractivity contribution >= 4 is 22.3 Å². The third-order valence-corrected chi connectivity index (χ3v) is 5.95. The van der Waals surface area contributed by atoms with E-state index in [-0.39, 0.29) is 17.8 Å². The Morgan fingerprint density at radius 2 is 1.96 bits per heavy atom. The van der Waals surface area contributed by atoms with Crippen molar-refractivity contribution in [2.75, 3.05) is 38.1 Å². The first-order valence-corrected chi connectivity index (χ1v) is 9.65. The zero-order valence-electron chi connectivity index (χ0n) is 14.4. The van der Waals surface area contributed by atoms with Gasteiger partial charge in [-0.25, -0.2) is 4.39 Å². The van der Waals surface area contributed by atoms with E-state index in [9.17, 15) is 4.39 Å². The minimum absolute atomic E-state index is 0.101. The number of thiophene rings is 1. The molecule has 4 nitrogen and oxygen atoms in total.